The Morgan fingerprint density at radius 2 is 2.45 bits per heavy atom. The maximum absolute atomic E-state index is 10.5. The lowest BCUT2D eigenvalue weighted by atomic mass is 10.2. The van der Waals surface area contributed by atoms with E-state index in [1.54, 1.807) is 11.3 Å². The first-order valence-electron chi connectivity index (χ1n) is 3.27. The highest BCUT2D eigenvalue weighted by Crippen LogP contribution is 2.09. The van der Waals surface area contributed by atoms with E-state index in [2.05, 4.69) is 0 Å². The number of carbonyl (C=O) groups is 1. The minimum absolute atomic E-state index is 0.446. The first-order valence-corrected chi connectivity index (χ1v) is 4.15. The van der Waals surface area contributed by atoms with Crippen molar-refractivity contribution in [2.75, 3.05) is 0 Å². The van der Waals surface area contributed by atoms with Crippen molar-refractivity contribution in [1.29, 1.82) is 0 Å². The standard InChI is InChI=1S/C7H10N2OS/c8-6(7(9)10)4-5-2-1-3-11-5/h1-3,6H,4,8H2,(H2,9,10). The van der Waals surface area contributed by atoms with Gasteiger partial charge in [-0.3, -0.25) is 4.79 Å². The summed E-state index contributed by atoms with van der Waals surface area (Å²) >= 11 is 1.58. The summed E-state index contributed by atoms with van der Waals surface area (Å²) in [6, 6.07) is 3.31. The molecule has 1 aromatic heterocycles. The number of hydrogen-bond acceptors (Lipinski definition) is 3. The van der Waals surface area contributed by atoms with Crippen LogP contribution in [0, 0.1) is 0 Å². The van der Waals surface area contributed by atoms with Gasteiger partial charge in [-0.15, -0.1) is 11.3 Å². The van der Waals surface area contributed by atoms with E-state index in [4.69, 9.17) is 11.5 Å². The zero-order valence-electron chi connectivity index (χ0n) is 5.99. The normalized spacial score (nSPS) is 12.8. The molecule has 0 aliphatic carbocycles. The first kappa shape index (κ1) is 8.23. The van der Waals surface area contributed by atoms with Crippen LogP contribution in [0.2, 0.25) is 0 Å². The van der Waals surface area contributed by atoms with Crippen molar-refractivity contribution in [2.24, 2.45) is 11.5 Å². The molecule has 0 aliphatic heterocycles. The number of nitrogens with two attached hydrogens (primary N) is 2. The van der Waals surface area contributed by atoms with Crippen molar-refractivity contribution in [3.8, 4) is 0 Å². The van der Waals surface area contributed by atoms with Gasteiger partial charge in [-0.25, -0.2) is 0 Å². The second-order valence-corrected chi connectivity index (χ2v) is 3.32. The van der Waals surface area contributed by atoms with E-state index in [1.165, 1.54) is 0 Å². The molecule has 1 rings (SSSR count). The van der Waals surface area contributed by atoms with Crippen molar-refractivity contribution in [3.63, 3.8) is 0 Å². The minimum atomic E-state index is -0.548. The molecule has 60 valence electrons. The van der Waals surface area contributed by atoms with Crippen molar-refractivity contribution >= 4 is 17.2 Å². The van der Waals surface area contributed by atoms with Gasteiger partial charge in [0.15, 0.2) is 0 Å². The van der Waals surface area contributed by atoms with Gasteiger partial charge in [0.25, 0.3) is 0 Å². The monoisotopic (exact) mass is 170 g/mol. The third kappa shape index (κ3) is 2.32. The van der Waals surface area contributed by atoms with Crippen molar-refractivity contribution in [1.82, 2.24) is 0 Å². The van der Waals surface area contributed by atoms with Gasteiger partial charge in [0.05, 0.1) is 6.04 Å². The number of rotatable bonds is 3. The van der Waals surface area contributed by atoms with Crippen LogP contribution in [0.5, 0.6) is 0 Å². The average Bonchev–Trinajstić information content (AvgIpc) is 2.39. The Hall–Kier alpha value is -0.870. The number of carbonyl (C=O) groups excluding carboxylic acids is 1. The Morgan fingerprint density at radius 1 is 1.73 bits per heavy atom. The molecule has 3 nitrogen and oxygen atoms in total. The highest BCUT2D eigenvalue weighted by molar-refractivity contribution is 7.09. The molecule has 1 unspecified atom stereocenters. The van der Waals surface area contributed by atoms with E-state index in [9.17, 15) is 4.79 Å². The van der Waals surface area contributed by atoms with Gasteiger partial charge in [-0.1, -0.05) is 6.07 Å². The molecule has 0 saturated heterocycles. The van der Waals surface area contributed by atoms with Crippen molar-refractivity contribution in [3.05, 3.63) is 22.4 Å². The topological polar surface area (TPSA) is 69.1 Å². The molecular formula is C7H10N2OS. The first-order chi connectivity index (χ1) is 5.20. The zero-order valence-corrected chi connectivity index (χ0v) is 6.80. The Labute approximate surface area is 69.0 Å². The fourth-order valence-electron chi connectivity index (χ4n) is 0.746. The van der Waals surface area contributed by atoms with Gasteiger partial charge in [-0.05, 0) is 11.4 Å². The molecule has 0 aliphatic rings. The lowest BCUT2D eigenvalue weighted by Crippen LogP contribution is -2.37. The third-order valence-corrected chi connectivity index (χ3v) is 2.27. The molecule has 0 aromatic carbocycles. The second kappa shape index (κ2) is 3.50. The number of thiophene rings is 1. The molecule has 1 atom stereocenters. The molecule has 4 N–H and O–H groups in total. The Balaban J connectivity index is 2.50. The fourth-order valence-corrected chi connectivity index (χ4v) is 1.51. The minimum Gasteiger partial charge on any atom is -0.368 e. The van der Waals surface area contributed by atoms with Gasteiger partial charge in [0, 0.05) is 11.3 Å². The van der Waals surface area contributed by atoms with E-state index < -0.39 is 11.9 Å². The van der Waals surface area contributed by atoms with Gasteiger partial charge in [0.1, 0.15) is 0 Å². The Bertz CT molecular complexity index is 233. The number of hydrogen-bond donors (Lipinski definition) is 2. The summed E-state index contributed by atoms with van der Waals surface area (Å²) in [5.41, 5.74) is 10.4. The van der Waals surface area contributed by atoms with Crippen LogP contribution in [-0.2, 0) is 11.2 Å². The summed E-state index contributed by atoms with van der Waals surface area (Å²) in [5.74, 6) is -0.446. The Morgan fingerprint density at radius 3 is 2.91 bits per heavy atom. The van der Waals surface area contributed by atoms with Gasteiger partial charge in [-0.2, -0.15) is 0 Å². The van der Waals surface area contributed by atoms with Crippen LogP contribution in [-0.4, -0.2) is 11.9 Å². The molecule has 1 heterocycles. The third-order valence-electron chi connectivity index (χ3n) is 1.37. The van der Waals surface area contributed by atoms with Gasteiger partial charge < -0.3 is 11.5 Å². The summed E-state index contributed by atoms with van der Waals surface area (Å²) in [7, 11) is 0. The zero-order chi connectivity index (χ0) is 8.27. The van der Waals surface area contributed by atoms with Crippen LogP contribution < -0.4 is 11.5 Å². The van der Waals surface area contributed by atoms with E-state index in [0.29, 0.717) is 6.42 Å². The van der Waals surface area contributed by atoms with Crippen LogP contribution in [0.25, 0.3) is 0 Å². The lowest BCUT2D eigenvalue weighted by molar-refractivity contribution is -0.119. The maximum Gasteiger partial charge on any atom is 0.234 e. The van der Waals surface area contributed by atoms with E-state index in [-0.39, 0.29) is 0 Å². The van der Waals surface area contributed by atoms with Crippen LogP contribution in [0.15, 0.2) is 17.5 Å². The fraction of sp³-hybridized carbons (Fsp3) is 0.286. The van der Waals surface area contributed by atoms with E-state index in [0.717, 1.165) is 4.88 Å². The molecule has 0 saturated carbocycles. The molecule has 1 aromatic rings. The van der Waals surface area contributed by atoms with Crippen molar-refractivity contribution < 1.29 is 4.79 Å². The summed E-state index contributed by atoms with van der Waals surface area (Å²) in [5, 5.41) is 1.95. The number of primary amides is 1. The summed E-state index contributed by atoms with van der Waals surface area (Å²) in [6.45, 7) is 0. The molecule has 0 bridgehead atoms. The lowest BCUT2D eigenvalue weighted by Gasteiger charge is -2.03. The second-order valence-electron chi connectivity index (χ2n) is 2.29. The quantitative estimate of drug-likeness (QED) is 0.675. The van der Waals surface area contributed by atoms with Crippen LogP contribution >= 0.6 is 11.3 Å². The Kier molecular flexibility index (Phi) is 2.62. The van der Waals surface area contributed by atoms with E-state index in [1.807, 2.05) is 17.5 Å². The van der Waals surface area contributed by atoms with Crippen LogP contribution in [0.4, 0.5) is 0 Å². The molecule has 0 fully saturated rings. The molecule has 11 heavy (non-hydrogen) atoms. The largest absolute Gasteiger partial charge is 0.368 e. The predicted molar refractivity (Wildman–Crippen MR) is 45.2 cm³/mol. The highest BCUT2D eigenvalue weighted by Gasteiger charge is 2.09. The molecular weight excluding hydrogens is 160 g/mol. The van der Waals surface area contributed by atoms with Crippen LogP contribution in [0.1, 0.15) is 4.88 Å². The van der Waals surface area contributed by atoms with Gasteiger partial charge >= 0.3 is 0 Å². The smallest absolute Gasteiger partial charge is 0.234 e. The van der Waals surface area contributed by atoms with Crippen LogP contribution in [0.3, 0.4) is 0 Å². The highest BCUT2D eigenvalue weighted by atomic mass is 32.1. The summed E-state index contributed by atoms with van der Waals surface area (Å²) in [4.78, 5) is 11.6. The molecule has 0 spiro atoms. The molecule has 1 amide bonds. The summed E-state index contributed by atoms with van der Waals surface area (Å²) < 4.78 is 0. The predicted octanol–water partition coefficient (Wildman–Crippen LogP) is 0.103. The van der Waals surface area contributed by atoms with Gasteiger partial charge in [0.2, 0.25) is 5.91 Å². The van der Waals surface area contributed by atoms with E-state index >= 15 is 0 Å². The maximum atomic E-state index is 10.5. The SMILES string of the molecule is NC(=O)C(N)Cc1cccs1. The number of amides is 1. The molecule has 4 heteroatoms. The molecule has 0 radical (unpaired) electrons. The van der Waals surface area contributed by atoms with Crippen molar-refractivity contribution in [2.45, 2.75) is 12.5 Å². The average molecular weight is 170 g/mol. The summed E-state index contributed by atoms with van der Waals surface area (Å²) in [6.07, 6.45) is 0.549.